The SMILES string of the molecule is CSC1CCC(NS(=O)(=O)c2c(C)nn(CCN)c2C)C1. The van der Waals surface area contributed by atoms with Crippen LogP contribution in [0.5, 0.6) is 0 Å². The minimum absolute atomic E-state index is 0.0316. The summed E-state index contributed by atoms with van der Waals surface area (Å²) in [5.41, 5.74) is 6.72. The zero-order valence-electron chi connectivity index (χ0n) is 12.8. The molecule has 1 fully saturated rings. The van der Waals surface area contributed by atoms with Crippen molar-refractivity contribution < 1.29 is 8.42 Å². The summed E-state index contributed by atoms with van der Waals surface area (Å²) in [6, 6.07) is 0.0316. The van der Waals surface area contributed by atoms with E-state index in [1.807, 2.05) is 11.8 Å². The van der Waals surface area contributed by atoms with Gasteiger partial charge in [0.25, 0.3) is 0 Å². The highest BCUT2D eigenvalue weighted by Gasteiger charge is 2.31. The molecule has 1 aliphatic carbocycles. The molecule has 0 spiro atoms. The van der Waals surface area contributed by atoms with Gasteiger partial charge in [0, 0.05) is 17.8 Å². The van der Waals surface area contributed by atoms with Crippen LogP contribution in [0.3, 0.4) is 0 Å². The van der Waals surface area contributed by atoms with Crippen LogP contribution >= 0.6 is 11.8 Å². The van der Waals surface area contributed by atoms with Crippen LogP contribution in [0.4, 0.5) is 0 Å². The molecule has 0 aliphatic heterocycles. The van der Waals surface area contributed by atoms with Gasteiger partial charge >= 0.3 is 0 Å². The molecule has 0 aromatic carbocycles. The first-order chi connectivity index (χ1) is 9.89. The van der Waals surface area contributed by atoms with Gasteiger partial charge in [-0.1, -0.05) is 0 Å². The van der Waals surface area contributed by atoms with Gasteiger partial charge in [-0.15, -0.1) is 0 Å². The highest BCUT2D eigenvalue weighted by molar-refractivity contribution is 7.99. The normalized spacial score (nSPS) is 22.9. The lowest BCUT2D eigenvalue weighted by molar-refractivity contribution is 0.550. The van der Waals surface area contributed by atoms with E-state index in [2.05, 4.69) is 16.1 Å². The molecule has 0 bridgehead atoms. The van der Waals surface area contributed by atoms with Crippen molar-refractivity contribution in [1.29, 1.82) is 0 Å². The third-order valence-electron chi connectivity index (χ3n) is 3.96. The molecule has 1 aromatic heterocycles. The molecule has 8 heteroatoms. The molecular weight excluding hydrogens is 308 g/mol. The molecule has 1 heterocycles. The number of nitrogens with zero attached hydrogens (tertiary/aromatic N) is 2. The zero-order chi connectivity index (χ0) is 15.6. The fourth-order valence-corrected chi connectivity index (χ4v) is 5.44. The van der Waals surface area contributed by atoms with Gasteiger partial charge < -0.3 is 5.73 Å². The average molecular weight is 332 g/mol. The second-order valence-corrected chi connectivity index (χ2v) is 8.29. The average Bonchev–Trinajstić information content (AvgIpc) is 2.95. The van der Waals surface area contributed by atoms with Crippen molar-refractivity contribution in [2.75, 3.05) is 12.8 Å². The monoisotopic (exact) mass is 332 g/mol. The first kappa shape index (κ1) is 16.8. The van der Waals surface area contributed by atoms with Gasteiger partial charge in [-0.3, -0.25) is 4.68 Å². The molecule has 1 aromatic rings. The number of aromatic nitrogens is 2. The van der Waals surface area contributed by atoms with Crippen molar-refractivity contribution in [3.8, 4) is 0 Å². The maximum atomic E-state index is 12.6. The molecule has 2 atom stereocenters. The number of nitrogens with two attached hydrogens (primary N) is 1. The number of rotatable bonds is 6. The Bertz CT molecular complexity index is 598. The number of thioether (sulfide) groups is 1. The minimum Gasteiger partial charge on any atom is -0.329 e. The standard InChI is InChI=1S/C13H24N4O2S2/c1-9-13(10(2)17(15-9)7-6-14)21(18,19)16-11-4-5-12(8-11)20-3/h11-12,16H,4-8,14H2,1-3H3. The number of hydrogen-bond acceptors (Lipinski definition) is 5. The zero-order valence-corrected chi connectivity index (χ0v) is 14.4. The molecule has 120 valence electrons. The Morgan fingerprint density at radius 3 is 2.71 bits per heavy atom. The maximum Gasteiger partial charge on any atom is 0.244 e. The Kier molecular flexibility index (Phi) is 5.34. The molecule has 0 radical (unpaired) electrons. The van der Waals surface area contributed by atoms with Crippen molar-refractivity contribution >= 4 is 21.8 Å². The lowest BCUT2D eigenvalue weighted by atomic mass is 10.3. The largest absolute Gasteiger partial charge is 0.329 e. The maximum absolute atomic E-state index is 12.6. The molecule has 3 N–H and O–H groups in total. The van der Waals surface area contributed by atoms with Gasteiger partial charge in [0.15, 0.2) is 0 Å². The van der Waals surface area contributed by atoms with Gasteiger partial charge in [0.2, 0.25) is 10.0 Å². The van der Waals surface area contributed by atoms with Crippen LogP contribution in [0, 0.1) is 13.8 Å². The van der Waals surface area contributed by atoms with Crippen LogP contribution in [0.2, 0.25) is 0 Å². The van der Waals surface area contributed by atoms with Crippen molar-refractivity contribution in [2.24, 2.45) is 5.73 Å². The van der Waals surface area contributed by atoms with E-state index in [1.54, 1.807) is 18.5 Å². The van der Waals surface area contributed by atoms with Crippen LogP contribution in [-0.4, -0.2) is 42.3 Å². The van der Waals surface area contributed by atoms with Crippen molar-refractivity contribution in [3.63, 3.8) is 0 Å². The second kappa shape index (κ2) is 6.68. The number of hydrogen-bond donors (Lipinski definition) is 2. The predicted molar refractivity (Wildman–Crippen MR) is 86.0 cm³/mol. The predicted octanol–water partition coefficient (Wildman–Crippen LogP) is 1.02. The summed E-state index contributed by atoms with van der Waals surface area (Å²) in [6.07, 6.45) is 4.95. The van der Waals surface area contributed by atoms with Crippen LogP contribution in [0.1, 0.15) is 30.7 Å². The Morgan fingerprint density at radius 2 is 2.14 bits per heavy atom. The third-order valence-corrected chi connectivity index (χ3v) is 6.83. The van der Waals surface area contributed by atoms with E-state index in [0.717, 1.165) is 19.3 Å². The Balaban J connectivity index is 2.20. The summed E-state index contributed by atoms with van der Waals surface area (Å²) in [5.74, 6) is 0. The smallest absolute Gasteiger partial charge is 0.244 e. The quantitative estimate of drug-likeness (QED) is 0.812. The summed E-state index contributed by atoms with van der Waals surface area (Å²) in [4.78, 5) is 0.309. The Hall–Kier alpha value is -0.570. The summed E-state index contributed by atoms with van der Waals surface area (Å²) < 4.78 is 29.8. The highest BCUT2D eigenvalue weighted by Crippen LogP contribution is 2.29. The second-order valence-electron chi connectivity index (χ2n) is 5.50. The lowest BCUT2D eigenvalue weighted by Gasteiger charge is -2.13. The van der Waals surface area contributed by atoms with Crippen LogP contribution in [-0.2, 0) is 16.6 Å². The van der Waals surface area contributed by atoms with E-state index in [-0.39, 0.29) is 6.04 Å². The van der Waals surface area contributed by atoms with Gasteiger partial charge in [-0.25, -0.2) is 13.1 Å². The summed E-state index contributed by atoms with van der Waals surface area (Å²) in [6.45, 7) is 4.48. The summed E-state index contributed by atoms with van der Waals surface area (Å²) in [7, 11) is -3.52. The van der Waals surface area contributed by atoms with Crippen LogP contribution < -0.4 is 10.5 Å². The third kappa shape index (κ3) is 3.61. The van der Waals surface area contributed by atoms with E-state index in [9.17, 15) is 8.42 Å². The van der Waals surface area contributed by atoms with E-state index in [1.165, 1.54) is 0 Å². The Morgan fingerprint density at radius 1 is 1.43 bits per heavy atom. The van der Waals surface area contributed by atoms with Crippen molar-refractivity contribution in [2.45, 2.75) is 55.8 Å². The fraction of sp³-hybridized carbons (Fsp3) is 0.769. The molecule has 0 amide bonds. The minimum atomic E-state index is -3.52. The Labute approximate surface area is 130 Å². The van der Waals surface area contributed by atoms with Crippen molar-refractivity contribution in [3.05, 3.63) is 11.4 Å². The van der Waals surface area contributed by atoms with Gasteiger partial charge in [0.1, 0.15) is 4.90 Å². The van der Waals surface area contributed by atoms with Gasteiger partial charge in [-0.2, -0.15) is 16.9 Å². The molecule has 6 nitrogen and oxygen atoms in total. The lowest BCUT2D eigenvalue weighted by Crippen LogP contribution is -2.33. The van der Waals surface area contributed by atoms with Crippen LogP contribution in [0.15, 0.2) is 4.90 Å². The molecule has 1 aliphatic rings. The molecule has 2 unspecified atom stereocenters. The van der Waals surface area contributed by atoms with E-state index in [0.29, 0.717) is 34.6 Å². The fourth-order valence-electron chi connectivity index (χ4n) is 2.95. The van der Waals surface area contributed by atoms with Crippen molar-refractivity contribution in [1.82, 2.24) is 14.5 Å². The molecule has 2 rings (SSSR count). The highest BCUT2D eigenvalue weighted by atomic mass is 32.2. The number of sulfonamides is 1. The number of aryl methyl sites for hydroxylation is 1. The molecule has 0 saturated heterocycles. The first-order valence-electron chi connectivity index (χ1n) is 7.18. The first-order valence-corrected chi connectivity index (χ1v) is 9.95. The van der Waals surface area contributed by atoms with E-state index < -0.39 is 10.0 Å². The summed E-state index contributed by atoms with van der Waals surface area (Å²) >= 11 is 1.81. The molecule has 1 saturated carbocycles. The van der Waals surface area contributed by atoms with Crippen LogP contribution in [0.25, 0.3) is 0 Å². The molecular formula is C13H24N4O2S2. The summed E-state index contributed by atoms with van der Waals surface area (Å²) in [5, 5.41) is 4.84. The van der Waals surface area contributed by atoms with E-state index in [4.69, 9.17) is 5.73 Å². The topological polar surface area (TPSA) is 90.0 Å². The molecule has 21 heavy (non-hydrogen) atoms. The van der Waals surface area contributed by atoms with Gasteiger partial charge in [0.05, 0.1) is 17.9 Å². The van der Waals surface area contributed by atoms with E-state index >= 15 is 0 Å². The van der Waals surface area contributed by atoms with Gasteiger partial charge in [-0.05, 0) is 39.4 Å². The number of nitrogens with one attached hydrogen (secondary N) is 1.